The summed E-state index contributed by atoms with van der Waals surface area (Å²) in [4.78, 5) is 0. The summed E-state index contributed by atoms with van der Waals surface area (Å²) < 4.78 is 5.82. The summed E-state index contributed by atoms with van der Waals surface area (Å²) in [5, 5.41) is 0. The molecule has 0 spiro atoms. The van der Waals surface area contributed by atoms with Gasteiger partial charge in [-0.05, 0) is 23.8 Å². The Balaban J connectivity index is 2.12. The van der Waals surface area contributed by atoms with Crippen LogP contribution >= 0.6 is 0 Å². The highest BCUT2D eigenvalue weighted by molar-refractivity contribution is 5.62. The van der Waals surface area contributed by atoms with Crippen molar-refractivity contribution in [2.75, 3.05) is 5.43 Å². The zero-order chi connectivity index (χ0) is 11.0. The molecule has 0 atom stereocenters. The zero-order valence-electron chi connectivity index (χ0n) is 8.73. The first-order chi connectivity index (χ1) is 7.88. The van der Waals surface area contributed by atoms with Gasteiger partial charge >= 0.3 is 0 Å². The van der Waals surface area contributed by atoms with E-state index in [4.69, 9.17) is 10.6 Å². The van der Waals surface area contributed by atoms with Gasteiger partial charge in [0, 0.05) is 12.0 Å². The number of ether oxygens (including phenoxy) is 1. The number of benzene rings is 2. The van der Waals surface area contributed by atoms with Gasteiger partial charge in [-0.2, -0.15) is 0 Å². The fourth-order valence-corrected chi connectivity index (χ4v) is 2.04. The summed E-state index contributed by atoms with van der Waals surface area (Å²) in [6, 6.07) is 13.9. The predicted octanol–water partition coefficient (Wildman–Crippen LogP) is 2.67. The van der Waals surface area contributed by atoms with Crippen LogP contribution in [0.3, 0.4) is 0 Å². The average Bonchev–Trinajstić information content (AvgIpc) is 2.35. The topological polar surface area (TPSA) is 47.3 Å². The van der Waals surface area contributed by atoms with Crippen LogP contribution in [0.25, 0.3) is 0 Å². The maximum Gasteiger partial charge on any atom is 0.133 e. The largest absolute Gasteiger partial charge is 0.457 e. The lowest BCUT2D eigenvalue weighted by Crippen LogP contribution is -2.12. The first-order valence-electron chi connectivity index (χ1n) is 5.23. The van der Waals surface area contributed by atoms with Crippen LogP contribution in [0.5, 0.6) is 11.5 Å². The smallest absolute Gasteiger partial charge is 0.133 e. The third-order valence-electron chi connectivity index (χ3n) is 2.85. The van der Waals surface area contributed by atoms with Crippen LogP contribution < -0.4 is 16.0 Å². The number of rotatable bonds is 1. The summed E-state index contributed by atoms with van der Waals surface area (Å²) >= 11 is 0. The number of nitrogen functional groups attached to an aromatic ring is 1. The molecule has 2 aromatic rings. The van der Waals surface area contributed by atoms with Gasteiger partial charge < -0.3 is 10.2 Å². The van der Waals surface area contributed by atoms with Gasteiger partial charge in [-0.1, -0.05) is 24.3 Å². The molecule has 3 nitrogen and oxygen atoms in total. The van der Waals surface area contributed by atoms with E-state index in [1.807, 2.05) is 36.4 Å². The third kappa shape index (κ3) is 1.33. The van der Waals surface area contributed by atoms with Crippen LogP contribution in [-0.4, -0.2) is 0 Å². The third-order valence-corrected chi connectivity index (χ3v) is 2.85. The molecule has 16 heavy (non-hydrogen) atoms. The van der Waals surface area contributed by atoms with Crippen molar-refractivity contribution < 1.29 is 4.74 Å². The fraction of sp³-hybridized carbons (Fsp3) is 0.0769. The van der Waals surface area contributed by atoms with Crippen LogP contribution in [0.4, 0.5) is 5.69 Å². The Morgan fingerprint density at radius 2 is 1.81 bits per heavy atom. The van der Waals surface area contributed by atoms with E-state index in [2.05, 4.69) is 11.5 Å². The Morgan fingerprint density at radius 1 is 1.00 bits per heavy atom. The normalized spacial score (nSPS) is 12.3. The molecular formula is C13H12N2O. The van der Waals surface area contributed by atoms with E-state index in [1.54, 1.807) is 0 Å². The van der Waals surface area contributed by atoms with Gasteiger partial charge in [-0.3, -0.25) is 5.84 Å². The Morgan fingerprint density at radius 3 is 2.69 bits per heavy atom. The van der Waals surface area contributed by atoms with E-state index in [-0.39, 0.29) is 0 Å². The molecule has 1 aliphatic rings. The lowest BCUT2D eigenvalue weighted by Gasteiger charge is -2.22. The van der Waals surface area contributed by atoms with Crippen molar-refractivity contribution in [1.29, 1.82) is 0 Å². The molecule has 0 saturated heterocycles. The number of hydrogen-bond donors (Lipinski definition) is 2. The maximum absolute atomic E-state index is 5.82. The molecular weight excluding hydrogens is 200 g/mol. The summed E-state index contributed by atoms with van der Waals surface area (Å²) in [5.74, 6) is 7.31. The molecule has 0 saturated carbocycles. The molecule has 1 heterocycles. The molecule has 1 aliphatic heterocycles. The van der Waals surface area contributed by atoms with E-state index in [0.717, 1.165) is 29.2 Å². The fourth-order valence-electron chi connectivity index (χ4n) is 2.04. The lowest BCUT2D eigenvalue weighted by atomic mass is 9.99. The maximum atomic E-state index is 5.82. The molecule has 80 valence electrons. The summed E-state index contributed by atoms with van der Waals surface area (Å²) in [5.41, 5.74) is 5.94. The number of hydrazine groups is 1. The molecule has 0 amide bonds. The monoisotopic (exact) mass is 212 g/mol. The Labute approximate surface area is 93.8 Å². The number of nitrogens with one attached hydrogen (secondary N) is 1. The molecule has 0 aromatic heterocycles. The minimum atomic E-state index is 0.853. The van der Waals surface area contributed by atoms with Crippen LogP contribution in [0.1, 0.15) is 11.1 Å². The van der Waals surface area contributed by atoms with E-state index < -0.39 is 0 Å². The summed E-state index contributed by atoms with van der Waals surface area (Å²) in [6.07, 6.45) is 0.853. The first kappa shape index (κ1) is 9.24. The van der Waals surface area contributed by atoms with Crippen molar-refractivity contribution in [3.8, 4) is 11.5 Å². The van der Waals surface area contributed by atoms with Crippen molar-refractivity contribution in [3.63, 3.8) is 0 Å². The predicted molar refractivity (Wildman–Crippen MR) is 63.6 cm³/mol. The number of fused-ring (bicyclic) bond motifs is 2. The van der Waals surface area contributed by atoms with Crippen molar-refractivity contribution in [2.24, 2.45) is 5.84 Å². The molecule has 0 aliphatic carbocycles. The standard InChI is InChI=1S/C13H12N2O/c14-15-11-5-3-7-13-10(11)8-9-4-1-2-6-12(9)16-13/h1-7,15H,8,14H2. The molecule has 0 fully saturated rings. The SMILES string of the molecule is NNc1cccc2c1Cc1ccccc1O2. The van der Waals surface area contributed by atoms with Crippen LogP contribution in [-0.2, 0) is 6.42 Å². The van der Waals surface area contributed by atoms with E-state index in [9.17, 15) is 0 Å². The van der Waals surface area contributed by atoms with Gasteiger partial charge in [-0.15, -0.1) is 0 Å². The second kappa shape index (κ2) is 3.54. The van der Waals surface area contributed by atoms with Crippen molar-refractivity contribution >= 4 is 5.69 Å². The minimum Gasteiger partial charge on any atom is -0.457 e. The van der Waals surface area contributed by atoms with Crippen molar-refractivity contribution in [1.82, 2.24) is 0 Å². The van der Waals surface area contributed by atoms with Crippen LogP contribution in [0, 0.1) is 0 Å². The quantitative estimate of drug-likeness (QED) is 0.481. The number of nitrogens with two attached hydrogens (primary N) is 1. The first-order valence-corrected chi connectivity index (χ1v) is 5.23. The van der Waals surface area contributed by atoms with Gasteiger partial charge in [0.25, 0.3) is 0 Å². The Hall–Kier alpha value is -2.00. The van der Waals surface area contributed by atoms with Gasteiger partial charge in [0.15, 0.2) is 0 Å². The second-order valence-corrected chi connectivity index (χ2v) is 3.81. The Bertz CT molecular complexity index is 537. The van der Waals surface area contributed by atoms with E-state index >= 15 is 0 Å². The lowest BCUT2D eigenvalue weighted by molar-refractivity contribution is 0.460. The van der Waals surface area contributed by atoms with E-state index in [0.29, 0.717) is 0 Å². The van der Waals surface area contributed by atoms with Gasteiger partial charge in [0.05, 0.1) is 5.69 Å². The van der Waals surface area contributed by atoms with E-state index in [1.165, 1.54) is 5.56 Å². The zero-order valence-corrected chi connectivity index (χ0v) is 8.73. The summed E-state index contributed by atoms with van der Waals surface area (Å²) in [7, 11) is 0. The number of anilines is 1. The molecule has 3 heteroatoms. The van der Waals surface area contributed by atoms with Crippen LogP contribution in [0.2, 0.25) is 0 Å². The second-order valence-electron chi connectivity index (χ2n) is 3.81. The number of hydrogen-bond acceptors (Lipinski definition) is 3. The molecule has 0 radical (unpaired) electrons. The number of para-hydroxylation sites is 1. The molecule has 3 N–H and O–H groups in total. The highest BCUT2D eigenvalue weighted by Gasteiger charge is 2.18. The van der Waals surface area contributed by atoms with Gasteiger partial charge in [0.1, 0.15) is 11.5 Å². The summed E-state index contributed by atoms with van der Waals surface area (Å²) in [6.45, 7) is 0. The highest BCUT2D eigenvalue weighted by Crippen LogP contribution is 2.39. The Kier molecular flexibility index (Phi) is 2.04. The van der Waals surface area contributed by atoms with Gasteiger partial charge in [0.2, 0.25) is 0 Å². The van der Waals surface area contributed by atoms with Crippen LogP contribution in [0.15, 0.2) is 42.5 Å². The minimum absolute atomic E-state index is 0.853. The van der Waals surface area contributed by atoms with Crippen molar-refractivity contribution in [2.45, 2.75) is 6.42 Å². The molecule has 0 bridgehead atoms. The molecule has 2 aromatic carbocycles. The average molecular weight is 212 g/mol. The van der Waals surface area contributed by atoms with Crippen molar-refractivity contribution in [3.05, 3.63) is 53.6 Å². The highest BCUT2D eigenvalue weighted by atomic mass is 16.5. The van der Waals surface area contributed by atoms with Gasteiger partial charge in [-0.25, -0.2) is 0 Å². The molecule has 3 rings (SSSR count). The molecule has 0 unspecified atom stereocenters.